The van der Waals surface area contributed by atoms with Crippen LogP contribution in [0.1, 0.15) is 17.3 Å². The van der Waals surface area contributed by atoms with E-state index in [1.54, 1.807) is 6.92 Å². The first kappa shape index (κ1) is 15.4. The summed E-state index contributed by atoms with van der Waals surface area (Å²) in [5, 5.41) is 11.3. The molecule has 1 rings (SSSR count). The number of nitrogens with one attached hydrogen (secondary N) is 2. The third-order valence-electron chi connectivity index (χ3n) is 2.22. The second kappa shape index (κ2) is 6.48. The molecule has 0 atom stereocenters. The van der Waals surface area contributed by atoms with Crippen LogP contribution in [0.5, 0.6) is 5.75 Å². The van der Waals surface area contributed by atoms with Crippen LogP contribution in [0, 0.1) is 5.82 Å². The number of phenols is 1. The van der Waals surface area contributed by atoms with Crippen molar-refractivity contribution in [2.24, 2.45) is 0 Å². The van der Waals surface area contributed by atoms with Crippen molar-refractivity contribution < 1.29 is 22.7 Å². The van der Waals surface area contributed by atoms with Gasteiger partial charge in [0.25, 0.3) is 5.91 Å². The zero-order valence-electron chi connectivity index (χ0n) is 10.3. The van der Waals surface area contributed by atoms with Gasteiger partial charge in [0, 0.05) is 19.2 Å². The summed E-state index contributed by atoms with van der Waals surface area (Å²) in [7, 11) is -3.42. The Labute approximate surface area is 110 Å². The highest BCUT2D eigenvalue weighted by atomic mass is 32.2. The van der Waals surface area contributed by atoms with Crippen molar-refractivity contribution in [3.8, 4) is 5.75 Å². The number of carbonyl (C=O) groups excluding carboxylic acids is 1. The fourth-order valence-electron chi connectivity index (χ4n) is 1.37. The highest BCUT2D eigenvalue weighted by Gasteiger charge is 2.13. The molecule has 19 heavy (non-hydrogen) atoms. The molecule has 8 heteroatoms. The van der Waals surface area contributed by atoms with Gasteiger partial charge in [-0.15, -0.1) is 0 Å². The monoisotopic (exact) mass is 290 g/mol. The smallest absolute Gasteiger partial charge is 0.254 e. The Morgan fingerprint density at radius 2 is 2.11 bits per heavy atom. The number of rotatable bonds is 6. The molecule has 0 bridgehead atoms. The Morgan fingerprint density at radius 3 is 2.68 bits per heavy atom. The zero-order valence-corrected chi connectivity index (χ0v) is 11.1. The van der Waals surface area contributed by atoms with E-state index in [-0.39, 0.29) is 30.2 Å². The van der Waals surface area contributed by atoms with Gasteiger partial charge in [-0.05, 0) is 12.1 Å². The molecule has 3 N–H and O–H groups in total. The number of halogens is 1. The van der Waals surface area contributed by atoms with Crippen LogP contribution >= 0.6 is 0 Å². The summed E-state index contributed by atoms with van der Waals surface area (Å²) < 4.78 is 38.2. The van der Waals surface area contributed by atoms with Crippen molar-refractivity contribution in [1.29, 1.82) is 0 Å². The van der Waals surface area contributed by atoms with Gasteiger partial charge in [0.15, 0.2) is 0 Å². The summed E-state index contributed by atoms with van der Waals surface area (Å²) >= 11 is 0. The fourth-order valence-corrected chi connectivity index (χ4v) is 2.33. The molecule has 0 aliphatic carbocycles. The molecule has 1 amide bonds. The summed E-state index contributed by atoms with van der Waals surface area (Å²) in [5.74, 6) is -2.17. The highest BCUT2D eigenvalue weighted by Crippen LogP contribution is 2.14. The summed E-state index contributed by atoms with van der Waals surface area (Å²) in [6.07, 6.45) is 0. The van der Waals surface area contributed by atoms with Crippen molar-refractivity contribution in [3.63, 3.8) is 0 Å². The first-order chi connectivity index (χ1) is 8.85. The molecule has 0 fully saturated rings. The van der Waals surface area contributed by atoms with Crippen molar-refractivity contribution in [1.82, 2.24) is 10.0 Å². The number of benzene rings is 1. The Morgan fingerprint density at radius 1 is 1.42 bits per heavy atom. The number of aromatic hydroxyl groups is 1. The molecule has 0 spiro atoms. The lowest BCUT2D eigenvalue weighted by atomic mass is 10.2. The van der Waals surface area contributed by atoms with E-state index in [9.17, 15) is 17.6 Å². The third kappa shape index (κ3) is 4.84. The van der Waals surface area contributed by atoms with Gasteiger partial charge in [-0.1, -0.05) is 6.92 Å². The van der Waals surface area contributed by atoms with Gasteiger partial charge in [0.05, 0.1) is 11.3 Å². The zero-order chi connectivity index (χ0) is 14.5. The van der Waals surface area contributed by atoms with E-state index in [1.807, 2.05) is 0 Å². The normalized spacial score (nSPS) is 11.3. The largest absolute Gasteiger partial charge is 0.508 e. The molecule has 0 aromatic heterocycles. The van der Waals surface area contributed by atoms with E-state index in [4.69, 9.17) is 5.11 Å². The van der Waals surface area contributed by atoms with Gasteiger partial charge in [-0.25, -0.2) is 17.5 Å². The minimum Gasteiger partial charge on any atom is -0.508 e. The second-order valence-corrected chi connectivity index (χ2v) is 5.66. The van der Waals surface area contributed by atoms with Crippen molar-refractivity contribution in [2.45, 2.75) is 6.92 Å². The molecule has 0 saturated heterocycles. The van der Waals surface area contributed by atoms with Crippen LogP contribution in [0.15, 0.2) is 18.2 Å². The number of sulfonamides is 1. The lowest BCUT2D eigenvalue weighted by Crippen LogP contribution is -2.34. The molecule has 0 radical (unpaired) electrons. The molecule has 6 nitrogen and oxygen atoms in total. The van der Waals surface area contributed by atoms with Crippen LogP contribution in [-0.4, -0.2) is 38.3 Å². The Balaban J connectivity index is 2.57. The van der Waals surface area contributed by atoms with Crippen molar-refractivity contribution >= 4 is 15.9 Å². The molecule has 0 saturated carbocycles. The standard InChI is InChI=1S/C11H15FN2O4S/c1-2-14-19(17,18)6-5-13-11(16)9-4-3-8(15)7-10(9)12/h3-4,7,14-15H,2,5-6H2,1H3,(H,13,16). The number of amides is 1. The number of carbonyl (C=O) groups is 1. The van der Waals surface area contributed by atoms with E-state index in [0.717, 1.165) is 12.1 Å². The van der Waals surface area contributed by atoms with Crippen LogP contribution in [0.3, 0.4) is 0 Å². The summed E-state index contributed by atoms with van der Waals surface area (Å²) in [6.45, 7) is 1.78. The fraction of sp³-hybridized carbons (Fsp3) is 0.364. The summed E-state index contributed by atoms with van der Waals surface area (Å²) in [5.41, 5.74) is -0.251. The predicted octanol–water partition coefficient (Wildman–Crippen LogP) is 0.200. The van der Waals surface area contributed by atoms with Gasteiger partial charge in [0.1, 0.15) is 11.6 Å². The Hall–Kier alpha value is -1.67. The first-order valence-corrected chi connectivity index (χ1v) is 7.25. The average Bonchev–Trinajstić information content (AvgIpc) is 2.28. The maximum atomic E-state index is 13.3. The second-order valence-electron chi connectivity index (χ2n) is 3.74. The maximum absolute atomic E-state index is 13.3. The number of phenolic OH excluding ortho intramolecular Hbond substituents is 1. The van der Waals surface area contributed by atoms with E-state index < -0.39 is 21.7 Å². The van der Waals surface area contributed by atoms with Crippen LogP contribution in [0.25, 0.3) is 0 Å². The number of hydrogen-bond acceptors (Lipinski definition) is 4. The van der Waals surface area contributed by atoms with Gasteiger partial charge < -0.3 is 10.4 Å². The lowest BCUT2D eigenvalue weighted by molar-refractivity contribution is 0.0952. The minimum absolute atomic E-state index is 0.130. The SMILES string of the molecule is CCNS(=O)(=O)CCNC(=O)c1ccc(O)cc1F. The van der Waals surface area contributed by atoms with Crippen molar-refractivity contribution in [2.75, 3.05) is 18.8 Å². The van der Waals surface area contributed by atoms with Gasteiger partial charge >= 0.3 is 0 Å². The van der Waals surface area contributed by atoms with E-state index in [2.05, 4.69) is 10.0 Å². The molecule has 1 aromatic rings. The van der Waals surface area contributed by atoms with Crippen LogP contribution in [-0.2, 0) is 10.0 Å². The predicted molar refractivity (Wildman–Crippen MR) is 67.9 cm³/mol. The van der Waals surface area contributed by atoms with Crippen LogP contribution < -0.4 is 10.0 Å². The van der Waals surface area contributed by atoms with Gasteiger partial charge in [0.2, 0.25) is 10.0 Å². The average molecular weight is 290 g/mol. The highest BCUT2D eigenvalue weighted by molar-refractivity contribution is 7.89. The summed E-state index contributed by atoms with van der Waals surface area (Å²) in [4.78, 5) is 11.6. The molecule has 0 aliphatic heterocycles. The maximum Gasteiger partial charge on any atom is 0.254 e. The van der Waals surface area contributed by atoms with E-state index in [1.165, 1.54) is 6.07 Å². The van der Waals surface area contributed by atoms with Gasteiger partial charge in [-0.3, -0.25) is 4.79 Å². The van der Waals surface area contributed by atoms with E-state index in [0.29, 0.717) is 0 Å². The number of hydrogen-bond donors (Lipinski definition) is 3. The molecular weight excluding hydrogens is 275 g/mol. The third-order valence-corrected chi connectivity index (χ3v) is 3.69. The minimum atomic E-state index is -3.42. The summed E-state index contributed by atoms with van der Waals surface area (Å²) in [6, 6.07) is 3.11. The molecule has 0 unspecified atom stereocenters. The Bertz CT molecular complexity index is 560. The van der Waals surface area contributed by atoms with Crippen LogP contribution in [0.4, 0.5) is 4.39 Å². The molecule has 0 heterocycles. The Kier molecular flexibility index (Phi) is 5.25. The topological polar surface area (TPSA) is 95.5 Å². The molecule has 0 aliphatic rings. The van der Waals surface area contributed by atoms with Crippen molar-refractivity contribution in [3.05, 3.63) is 29.6 Å². The quantitative estimate of drug-likeness (QED) is 0.697. The molecule has 1 aromatic carbocycles. The molecule has 106 valence electrons. The molecular formula is C11H15FN2O4S. The van der Waals surface area contributed by atoms with E-state index >= 15 is 0 Å². The van der Waals surface area contributed by atoms with Gasteiger partial charge in [-0.2, -0.15) is 0 Å². The first-order valence-electron chi connectivity index (χ1n) is 5.60. The van der Waals surface area contributed by atoms with Crippen LogP contribution in [0.2, 0.25) is 0 Å². The lowest BCUT2D eigenvalue weighted by Gasteiger charge is -2.07.